The highest BCUT2D eigenvalue weighted by Crippen LogP contribution is 2.33. The van der Waals surface area contributed by atoms with E-state index in [0.717, 1.165) is 22.6 Å². The first-order chi connectivity index (χ1) is 7.72. The molecule has 2 rings (SSSR count). The minimum absolute atomic E-state index is 0.749. The molecule has 0 fully saturated rings. The van der Waals surface area contributed by atoms with Crippen molar-refractivity contribution in [3.05, 3.63) is 48.0 Å². The fourth-order valence-electron chi connectivity index (χ4n) is 1.81. The van der Waals surface area contributed by atoms with E-state index in [2.05, 4.69) is 19.1 Å². The molecule has 0 aromatic heterocycles. The Labute approximate surface area is 95.7 Å². The van der Waals surface area contributed by atoms with Crippen LogP contribution in [0.15, 0.2) is 42.5 Å². The average Bonchev–Trinajstić information content (AvgIpc) is 2.29. The number of ether oxygens (including phenoxy) is 1. The molecule has 0 saturated carbocycles. The van der Waals surface area contributed by atoms with Gasteiger partial charge in [0.1, 0.15) is 5.75 Å². The third kappa shape index (κ3) is 1.87. The third-order valence-electron chi connectivity index (χ3n) is 2.66. The molecule has 0 unspecified atom stereocenters. The van der Waals surface area contributed by atoms with Gasteiger partial charge in [-0.15, -0.1) is 0 Å². The lowest BCUT2D eigenvalue weighted by Gasteiger charge is -2.11. The number of aryl methyl sites for hydroxylation is 1. The number of hydrogen-bond donors (Lipinski definition) is 1. The first-order valence-corrected chi connectivity index (χ1v) is 5.22. The van der Waals surface area contributed by atoms with Gasteiger partial charge in [0, 0.05) is 11.3 Å². The molecule has 0 aliphatic rings. The van der Waals surface area contributed by atoms with Crippen LogP contribution in [0.4, 0.5) is 5.69 Å². The number of nitrogen functional groups attached to an aromatic ring is 1. The van der Waals surface area contributed by atoms with Crippen LogP contribution in [-0.4, -0.2) is 7.11 Å². The SMILES string of the molecule is COc1ccc(N)cc1-c1ccccc1C. The molecule has 0 spiro atoms. The second kappa shape index (κ2) is 4.27. The van der Waals surface area contributed by atoms with Crippen LogP contribution in [-0.2, 0) is 0 Å². The van der Waals surface area contributed by atoms with Gasteiger partial charge in [-0.2, -0.15) is 0 Å². The van der Waals surface area contributed by atoms with Crippen LogP contribution in [0.25, 0.3) is 11.1 Å². The molecule has 0 saturated heterocycles. The Balaban J connectivity index is 2.63. The summed E-state index contributed by atoms with van der Waals surface area (Å²) >= 11 is 0. The standard InChI is InChI=1S/C14H15NO/c1-10-5-3-4-6-12(10)13-9-11(15)7-8-14(13)16-2/h3-9H,15H2,1-2H3. The first kappa shape index (κ1) is 10.6. The lowest BCUT2D eigenvalue weighted by molar-refractivity contribution is 0.416. The van der Waals surface area contributed by atoms with E-state index in [1.807, 2.05) is 30.3 Å². The first-order valence-electron chi connectivity index (χ1n) is 5.22. The Kier molecular flexibility index (Phi) is 2.82. The number of rotatable bonds is 2. The largest absolute Gasteiger partial charge is 0.496 e. The topological polar surface area (TPSA) is 35.2 Å². The summed E-state index contributed by atoms with van der Waals surface area (Å²) < 4.78 is 5.35. The molecule has 82 valence electrons. The maximum Gasteiger partial charge on any atom is 0.126 e. The number of benzene rings is 2. The molecule has 2 nitrogen and oxygen atoms in total. The Bertz CT molecular complexity index is 506. The molecule has 0 radical (unpaired) electrons. The van der Waals surface area contributed by atoms with Gasteiger partial charge < -0.3 is 10.5 Å². The summed E-state index contributed by atoms with van der Waals surface area (Å²) in [5.41, 5.74) is 9.98. The van der Waals surface area contributed by atoms with E-state index < -0.39 is 0 Å². The maximum absolute atomic E-state index is 5.81. The van der Waals surface area contributed by atoms with E-state index in [-0.39, 0.29) is 0 Å². The highest BCUT2D eigenvalue weighted by atomic mass is 16.5. The molecule has 2 aromatic carbocycles. The van der Waals surface area contributed by atoms with Crippen molar-refractivity contribution in [1.82, 2.24) is 0 Å². The Morgan fingerprint density at radius 3 is 2.44 bits per heavy atom. The fourth-order valence-corrected chi connectivity index (χ4v) is 1.81. The van der Waals surface area contributed by atoms with Crippen LogP contribution < -0.4 is 10.5 Å². The highest BCUT2D eigenvalue weighted by Gasteiger charge is 2.07. The molecule has 2 N–H and O–H groups in total. The van der Waals surface area contributed by atoms with Gasteiger partial charge in [-0.1, -0.05) is 24.3 Å². The predicted molar refractivity (Wildman–Crippen MR) is 67.6 cm³/mol. The van der Waals surface area contributed by atoms with Crippen LogP contribution in [0.1, 0.15) is 5.56 Å². The van der Waals surface area contributed by atoms with Gasteiger partial charge in [0.15, 0.2) is 0 Å². The van der Waals surface area contributed by atoms with E-state index in [0.29, 0.717) is 0 Å². The van der Waals surface area contributed by atoms with Gasteiger partial charge in [-0.3, -0.25) is 0 Å². The van der Waals surface area contributed by atoms with Crippen molar-refractivity contribution in [2.75, 3.05) is 12.8 Å². The van der Waals surface area contributed by atoms with Crippen molar-refractivity contribution in [1.29, 1.82) is 0 Å². The zero-order valence-corrected chi connectivity index (χ0v) is 9.53. The molecule has 16 heavy (non-hydrogen) atoms. The molecular formula is C14H15NO. The summed E-state index contributed by atoms with van der Waals surface area (Å²) in [6, 6.07) is 13.9. The number of hydrogen-bond acceptors (Lipinski definition) is 2. The van der Waals surface area contributed by atoms with Crippen LogP contribution in [0, 0.1) is 6.92 Å². The normalized spacial score (nSPS) is 10.1. The summed E-state index contributed by atoms with van der Waals surface area (Å²) in [4.78, 5) is 0. The monoisotopic (exact) mass is 213 g/mol. The molecule has 0 aliphatic heterocycles. The third-order valence-corrected chi connectivity index (χ3v) is 2.66. The van der Waals surface area contributed by atoms with Crippen molar-refractivity contribution in [2.45, 2.75) is 6.92 Å². The van der Waals surface area contributed by atoms with Gasteiger partial charge in [0.05, 0.1) is 7.11 Å². The minimum atomic E-state index is 0.749. The maximum atomic E-state index is 5.81. The van der Waals surface area contributed by atoms with Gasteiger partial charge in [-0.05, 0) is 36.2 Å². The van der Waals surface area contributed by atoms with Gasteiger partial charge in [-0.25, -0.2) is 0 Å². The Morgan fingerprint density at radius 1 is 1.00 bits per heavy atom. The van der Waals surface area contributed by atoms with E-state index in [9.17, 15) is 0 Å². The second-order valence-electron chi connectivity index (χ2n) is 3.77. The van der Waals surface area contributed by atoms with Gasteiger partial charge in [0.2, 0.25) is 0 Å². The van der Waals surface area contributed by atoms with Crippen molar-refractivity contribution in [3.63, 3.8) is 0 Å². The molecule has 0 bridgehead atoms. The molecule has 0 atom stereocenters. The zero-order valence-electron chi connectivity index (χ0n) is 9.53. The molecule has 0 aliphatic carbocycles. The second-order valence-corrected chi connectivity index (χ2v) is 3.77. The quantitative estimate of drug-likeness (QED) is 0.777. The molecule has 2 aromatic rings. The Morgan fingerprint density at radius 2 is 1.75 bits per heavy atom. The Hall–Kier alpha value is -1.96. The van der Waals surface area contributed by atoms with Crippen molar-refractivity contribution in [2.24, 2.45) is 0 Å². The number of methoxy groups -OCH3 is 1. The van der Waals surface area contributed by atoms with Crippen molar-refractivity contribution >= 4 is 5.69 Å². The van der Waals surface area contributed by atoms with Crippen LogP contribution in [0.2, 0.25) is 0 Å². The predicted octanol–water partition coefficient (Wildman–Crippen LogP) is 3.25. The zero-order chi connectivity index (χ0) is 11.5. The smallest absolute Gasteiger partial charge is 0.126 e. The van der Waals surface area contributed by atoms with E-state index >= 15 is 0 Å². The van der Waals surface area contributed by atoms with E-state index in [1.165, 1.54) is 5.56 Å². The van der Waals surface area contributed by atoms with Crippen LogP contribution in [0.5, 0.6) is 5.75 Å². The molecular weight excluding hydrogens is 198 g/mol. The number of anilines is 1. The molecule has 0 amide bonds. The lowest BCUT2D eigenvalue weighted by Crippen LogP contribution is -1.92. The van der Waals surface area contributed by atoms with E-state index in [4.69, 9.17) is 10.5 Å². The summed E-state index contributed by atoms with van der Waals surface area (Å²) in [6.45, 7) is 2.08. The minimum Gasteiger partial charge on any atom is -0.496 e. The number of nitrogens with two attached hydrogens (primary N) is 1. The van der Waals surface area contributed by atoms with Gasteiger partial charge >= 0.3 is 0 Å². The van der Waals surface area contributed by atoms with E-state index in [1.54, 1.807) is 7.11 Å². The lowest BCUT2D eigenvalue weighted by atomic mass is 9.99. The summed E-state index contributed by atoms with van der Waals surface area (Å²) in [5.74, 6) is 0.850. The summed E-state index contributed by atoms with van der Waals surface area (Å²) in [5, 5.41) is 0. The summed E-state index contributed by atoms with van der Waals surface area (Å²) in [6.07, 6.45) is 0. The van der Waals surface area contributed by atoms with Crippen molar-refractivity contribution in [3.8, 4) is 16.9 Å². The van der Waals surface area contributed by atoms with Gasteiger partial charge in [0.25, 0.3) is 0 Å². The molecule has 0 heterocycles. The fraction of sp³-hybridized carbons (Fsp3) is 0.143. The molecule has 2 heteroatoms. The highest BCUT2D eigenvalue weighted by molar-refractivity contribution is 5.76. The van der Waals surface area contributed by atoms with Crippen molar-refractivity contribution < 1.29 is 4.74 Å². The summed E-state index contributed by atoms with van der Waals surface area (Å²) in [7, 11) is 1.67. The van der Waals surface area contributed by atoms with Crippen LogP contribution in [0.3, 0.4) is 0 Å². The van der Waals surface area contributed by atoms with Crippen LogP contribution >= 0.6 is 0 Å². The average molecular weight is 213 g/mol.